The molecule has 0 aliphatic rings. The second-order valence-electron chi connectivity index (χ2n) is 6.26. The average Bonchev–Trinajstić information content (AvgIpc) is 2.73. The maximum atomic E-state index is 12.5. The number of nitrogens with zero attached hydrogens (tertiary/aromatic N) is 1. The van der Waals surface area contributed by atoms with Gasteiger partial charge in [-0.15, -0.1) is 0 Å². The quantitative estimate of drug-likeness (QED) is 0.414. The lowest BCUT2D eigenvalue weighted by Crippen LogP contribution is -2.30. The van der Waals surface area contributed by atoms with Crippen LogP contribution in [0.4, 0.5) is 11.4 Å². The molecule has 2 aromatic carbocycles. The van der Waals surface area contributed by atoms with Gasteiger partial charge in [-0.3, -0.25) is 14.9 Å². The van der Waals surface area contributed by atoms with Gasteiger partial charge in [0.05, 0.1) is 30.3 Å². The van der Waals surface area contributed by atoms with Gasteiger partial charge in [-0.1, -0.05) is 6.07 Å². The van der Waals surface area contributed by atoms with E-state index in [1.165, 1.54) is 51.5 Å². The van der Waals surface area contributed by atoms with Crippen LogP contribution in [0.15, 0.2) is 36.4 Å². The molecule has 0 fully saturated rings. The highest BCUT2D eigenvalue weighted by molar-refractivity contribution is 6.00. The number of esters is 2. The summed E-state index contributed by atoms with van der Waals surface area (Å²) in [5.41, 5.74) is 0.575. The Bertz CT molecular complexity index is 968. The van der Waals surface area contributed by atoms with Crippen molar-refractivity contribution in [1.82, 2.24) is 0 Å². The van der Waals surface area contributed by atoms with Gasteiger partial charge in [-0.25, -0.2) is 9.59 Å². The largest absolute Gasteiger partial charge is 0.474 e. The fourth-order valence-corrected chi connectivity index (χ4v) is 2.53. The number of methoxy groups -OCH3 is 2. The van der Waals surface area contributed by atoms with Crippen LogP contribution in [-0.2, 0) is 14.3 Å². The fourth-order valence-electron chi connectivity index (χ4n) is 2.53. The summed E-state index contributed by atoms with van der Waals surface area (Å²) in [7, 11) is 2.35. The molecule has 0 unspecified atom stereocenters. The van der Waals surface area contributed by atoms with Crippen molar-refractivity contribution in [1.29, 1.82) is 0 Å². The van der Waals surface area contributed by atoms with E-state index in [-0.39, 0.29) is 28.3 Å². The summed E-state index contributed by atoms with van der Waals surface area (Å²) in [6.07, 6.45) is -1.12. The number of anilines is 1. The molecule has 2 aromatic rings. The van der Waals surface area contributed by atoms with Gasteiger partial charge in [-0.2, -0.15) is 0 Å². The third-order valence-electron chi connectivity index (χ3n) is 4.03. The van der Waals surface area contributed by atoms with Crippen LogP contribution >= 0.6 is 0 Å². The minimum atomic E-state index is -1.12. The zero-order valence-corrected chi connectivity index (χ0v) is 16.8. The maximum absolute atomic E-state index is 12.5. The van der Waals surface area contributed by atoms with Gasteiger partial charge in [0.15, 0.2) is 11.9 Å². The van der Waals surface area contributed by atoms with Crippen molar-refractivity contribution in [3.63, 3.8) is 0 Å². The molecular weight excluding hydrogens is 396 g/mol. The van der Waals surface area contributed by atoms with Gasteiger partial charge in [0, 0.05) is 11.8 Å². The number of carbonyl (C=O) groups excluding carboxylic acids is 3. The van der Waals surface area contributed by atoms with Crippen molar-refractivity contribution in [3.8, 4) is 5.75 Å². The summed E-state index contributed by atoms with van der Waals surface area (Å²) in [5, 5.41) is 13.7. The van der Waals surface area contributed by atoms with Crippen molar-refractivity contribution < 1.29 is 33.5 Å². The molecule has 0 heterocycles. The molecular formula is C20H20N2O8. The van der Waals surface area contributed by atoms with Crippen LogP contribution in [0.5, 0.6) is 5.75 Å². The van der Waals surface area contributed by atoms with Crippen LogP contribution in [0.25, 0.3) is 0 Å². The van der Waals surface area contributed by atoms with Gasteiger partial charge >= 0.3 is 17.6 Å². The molecule has 0 aromatic heterocycles. The lowest BCUT2D eigenvalue weighted by atomic mass is 10.1. The molecule has 0 saturated heterocycles. The summed E-state index contributed by atoms with van der Waals surface area (Å²) in [4.78, 5) is 46.8. The highest BCUT2D eigenvalue weighted by Crippen LogP contribution is 2.29. The van der Waals surface area contributed by atoms with Crippen LogP contribution in [0.1, 0.15) is 33.2 Å². The first-order chi connectivity index (χ1) is 14.2. The Morgan fingerprint density at radius 3 is 2.07 bits per heavy atom. The first kappa shape index (κ1) is 22.3. The summed E-state index contributed by atoms with van der Waals surface area (Å²) in [5.74, 6) is -2.14. The average molecular weight is 416 g/mol. The van der Waals surface area contributed by atoms with Crippen molar-refractivity contribution in [2.24, 2.45) is 0 Å². The number of benzene rings is 2. The van der Waals surface area contributed by atoms with Crippen LogP contribution in [0, 0.1) is 17.0 Å². The Kier molecular flexibility index (Phi) is 7.08. The molecule has 0 saturated carbocycles. The minimum absolute atomic E-state index is 0.0263. The van der Waals surface area contributed by atoms with Crippen molar-refractivity contribution in [2.75, 3.05) is 19.5 Å². The van der Waals surface area contributed by atoms with Crippen molar-refractivity contribution >= 4 is 29.2 Å². The molecule has 30 heavy (non-hydrogen) atoms. The monoisotopic (exact) mass is 416 g/mol. The van der Waals surface area contributed by atoms with Crippen LogP contribution in [-0.4, -0.2) is 43.1 Å². The number of nitro benzene ring substituents is 1. The highest BCUT2D eigenvalue weighted by Gasteiger charge is 2.22. The van der Waals surface area contributed by atoms with E-state index in [1.807, 2.05) is 0 Å². The van der Waals surface area contributed by atoms with Crippen LogP contribution in [0.2, 0.25) is 0 Å². The molecule has 0 radical (unpaired) electrons. The topological polar surface area (TPSA) is 134 Å². The number of aryl methyl sites for hydroxylation is 1. The number of amides is 1. The van der Waals surface area contributed by atoms with Crippen LogP contribution in [0.3, 0.4) is 0 Å². The van der Waals surface area contributed by atoms with E-state index in [2.05, 4.69) is 14.8 Å². The van der Waals surface area contributed by atoms with E-state index in [0.29, 0.717) is 5.56 Å². The third-order valence-corrected chi connectivity index (χ3v) is 4.03. The lowest BCUT2D eigenvalue weighted by Gasteiger charge is -2.16. The Balaban J connectivity index is 2.25. The number of hydrogen-bond acceptors (Lipinski definition) is 8. The fraction of sp³-hybridized carbons (Fsp3) is 0.250. The standard InChI is InChI=1S/C20H20N2O8/c1-11-5-6-17(16(7-11)22(26)27)30-12(2)18(23)21-15-9-13(19(24)28-3)8-14(10-15)20(25)29-4/h5-10,12H,1-4H3,(H,21,23)/t12-/m0/s1. The minimum Gasteiger partial charge on any atom is -0.474 e. The van der Waals surface area contributed by atoms with Crippen LogP contribution < -0.4 is 10.1 Å². The van der Waals surface area contributed by atoms with Crippen molar-refractivity contribution in [2.45, 2.75) is 20.0 Å². The van der Waals surface area contributed by atoms with Gasteiger partial charge in [-0.05, 0) is 43.7 Å². The molecule has 1 atom stereocenters. The predicted octanol–water partition coefficient (Wildman–Crippen LogP) is 2.88. The molecule has 10 nitrogen and oxygen atoms in total. The number of nitro groups is 1. The first-order valence-corrected chi connectivity index (χ1v) is 8.70. The Labute approximate surface area is 171 Å². The number of ether oxygens (including phenoxy) is 3. The van der Waals surface area contributed by atoms with E-state index in [4.69, 9.17) is 4.74 Å². The molecule has 1 amide bonds. The number of carbonyl (C=O) groups is 3. The summed E-state index contributed by atoms with van der Waals surface area (Å²) < 4.78 is 14.7. The van der Waals surface area contributed by atoms with E-state index < -0.39 is 28.9 Å². The van der Waals surface area contributed by atoms with E-state index in [0.717, 1.165) is 0 Å². The maximum Gasteiger partial charge on any atom is 0.337 e. The predicted molar refractivity (Wildman–Crippen MR) is 106 cm³/mol. The smallest absolute Gasteiger partial charge is 0.337 e. The molecule has 0 bridgehead atoms. The lowest BCUT2D eigenvalue weighted by molar-refractivity contribution is -0.386. The second-order valence-corrected chi connectivity index (χ2v) is 6.26. The molecule has 2 rings (SSSR count). The summed E-state index contributed by atoms with van der Waals surface area (Å²) >= 11 is 0. The molecule has 0 aliphatic heterocycles. The normalized spacial score (nSPS) is 11.2. The van der Waals surface area contributed by atoms with Gasteiger partial charge in [0.25, 0.3) is 5.91 Å². The zero-order valence-electron chi connectivity index (χ0n) is 16.8. The zero-order chi connectivity index (χ0) is 22.4. The SMILES string of the molecule is COC(=O)c1cc(NC(=O)[C@H](C)Oc2ccc(C)cc2[N+](=O)[O-])cc(C(=O)OC)c1. The summed E-state index contributed by atoms with van der Waals surface area (Å²) in [6, 6.07) is 8.26. The van der Waals surface area contributed by atoms with Crippen molar-refractivity contribution in [3.05, 3.63) is 63.2 Å². The van der Waals surface area contributed by atoms with Gasteiger partial charge in [0.2, 0.25) is 0 Å². The van der Waals surface area contributed by atoms with E-state index in [9.17, 15) is 24.5 Å². The number of hydrogen-bond donors (Lipinski definition) is 1. The number of nitrogens with one attached hydrogen (secondary N) is 1. The first-order valence-electron chi connectivity index (χ1n) is 8.70. The Hall–Kier alpha value is -3.95. The molecule has 0 aliphatic carbocycles. The van der Waals surface area contributed by atoms with Gasteiger partial charge in [0.1, 0.15) is 0 Å². The Morgan fingerprint density at radius 1 is 1.00 bits per heavy atom. The van der Waals surface area contributed by atoms with Gasteiger partial charge < -0.3 is 19.5 Å². The van der Waals surface area contributed by atoms with E-state index >= 15 is 0 Å². The second kappa shape index (κ2) is 9.50. The Morgan fingerprint density at radius 2 is 1.57 bits per heavy atom. The van der Waals surface area contributed by atoms with E-state index in [1.54, 1.807) is 13.0 Å². The number of rotatable bonds is 7. The highest BCUT2D eigenvalue weighted by atomic mass is 16.6. The molecule has 10 heteroatoms. The molecule has 1 N–H and O–H groups in total. The summed E-state index contributed by atoms with van der Waals surface area (Å²) in [6.45, 7) is 3.10. The molecule has 0 spiro atoms. The third kappa shape index (κ3) is 5.31. The molecule has 158 valence electrons.